The third-order valence-electron chi connectivity index (χ3n) is 5.43. The Morgan fingerprint density at radius 1 is 1.25 bits per heavy atom. The minimum absolute atomic E-state index is 0.464. The van der Waals surface area contributed by atoms with Crippen LogP contribution in [0.4, 0.5) is 0 Å². The van der Waals surface area contributed by atoms with E-state index in [-0.39, 0.29) is 0 Å². The van der Waals surface area contributed by atoms with Gasteiger partial charge in [0.05, 0.1) is 12.2 Å². The monoisotopic (exact) mass is 327 g/mol. The Morgan fingerprint density at radius 2 is 2.00 bits per heavy atom. The van der Waals surface area contributed by atoms with E-state index in [1.807, 2.05) is 12.3 Å². The number of rotatable bonds is 3. The molecule has 0 amide bonds. The van der Waals surface area contributed by atoms with Gasteiger partial charge in [-0.2, -0.15) is 0 Å². The number of aromatic nitrogens is 1. The average molecular weight is 327 g/mol. The lowest BCUT2D eigenvalue weighted by Gasteiger charge is -2.45. The fourth-order valence-corrected chi connectivity index (χ4v) is 3.79. The van der Waals surface area contributed by atoms with Crippen LogP contribution in [0.1, 0.15) is 57.2 Å². The fourth-order valence-electron chi connectivity index (χ4n) is 3.79. The summed E-state index contributed by atoms with van der Waals surface area (Å²) in [7, 11) is 0. The molecule has 5 nitrogen and oxygen atoms in total. The van der Waals surface area contributed by atoms with Crippen molar-refractivity contribution in [3.05, 3.63) is 40.9 Å². The van der Waals surface area contributed by atoms with Gasteiger partial charge in [-0.3, -0.25) is 4.98 Å². The Kier molecular flexibility index (Phi) is 4.90. The molecule has 0 saturated heterocycles. The number of aliphatic imine (C=N–C) groups is 1. The minimum Gasteiger partial charge on any atom is -0.334 e. The van der Waals surface area contributed by atoms with Crippen LogP contribution >= 0.6 is 0 Å². The average Bonchev–Trinajstić information content (AvgIpc) is 2.58. The molecule has 1 unspecified atom stereocenters. The molecule has 1 fully saturated rings. The highest BCUT2D eigenvalue weighted by Crippen LogP contribution is 2.35. The van der Waals surface area contributed by atoms with Crippen molar-refractivity contribution in [1.82, 2.24) is 15.6 Å². The molecule has 3 rings (SSSR count). The number of guanidine groups is 1. The fraction of sp³-hybridized carbons (Fsp3) is 0.579. The Balaban J connectivity index is 1.80. The zero-order valence-electron chi connectivity index (χ0n) is 15.0. The van der Waals surface area contributed by atoms with Crippen LogP contribution in [0.3, 0.4) is 0 Å². The topological polar surface area (TPSA) is 75.3 Å². The summed E-state index contributed by atoms with van der Waals surface area (Å²) in [6, 6.07) is 4.07. The number of hydrogen-bond acceptors (Lipinski definition) is 3. The van der Waals surface area contributed by atoms with Gasteiger partial charge in [-0.1, -0.05) is 19.3 Å². The van der Waals surface area contributed by atoms with Crippen LogP contribution in [0, 0.1) is 12.8 Å². The predicted molar refractivity (Wildman–Crippen MR) is 98.3 cm³/mol. The molecule has 4 N–H and O–H groups in total. The molecule has 130 valence electrons. The molecular weight excluding hydrogens is 298 g/mol. The van der Waals surface area contributed by atoms with E-state index in [0.29, 0.717) is 12.5 Å². The number of nitrogens with two attached hydrogens (primary N) is 1. The van der Waals surface area contributed by atoms with Crippen molar-refractivity contribution in [1.29, 1.82) is 0 Å². The molecule has 2 heterocycles. The molecule has 0 aromatic carbocycles. The molecule has 0 radical (unpaired) electrons. The molecule has 1 aromatic heterocycles. The van der Waals surface area contributed by atoms with E-state index in [1.54, 1.807) is 0 Å². The molecule has 2 aliphatic rings. The summed E-state index contributed by atoms with van der Waals surface area (Å²) in [6.45, 7) is 6.83. The first-order valence-corrected chi connectivity index (χ1v) is 8.97. The molecule has 1 aliphatic carbocycles. The van der Waals surface area contributed by atoms with E-state index >= 15 is 0 Å². The van der Waals surface area contributed by atoms with Gasteiger partial charge in [-0.15, -0.1) is 0 Å². The number of allylic oxidation sites excluding steroid dienone is 1. The molecule has 5 heteroatoms. The lowest BCUT2D eigenvalue weighted by Crippen LogP contribution is -2.67. The summed E-state index contributed by atoms with van der Waals surface area (Å²) < 4.78 is 0. The molecule has 24 heavy (non-hydrogen) atoms. The van der Waals surface area contributed by atoms with Crippen LogP contribution < -0.4 is 16.4 Å². The summed E-state index contributed by atoms with van der Waals surface area (Å²) in [6.07, 6.45) is 8.06. The highest BCUT2D eigenvalue weighted by Gasteiger charge is 2.41. The molecule has 0 spiro atoms. The lowest BCUT2D eigenvalue weighted by molar-refractivity contribution is 0.215. The van der Waals surface area contributed by atoms with E-state index in [4.69, 9.17) is 5.73 Å². The van der Waals surface area contributed by atoms with Crippen LogP contribution in [-0.2, 0) is 6.54 Å². The van der Waals surface area contributed by atoms with Gasteiger partial charge in [-0.05, 0) is 62.8 Å². The second-order valence-corrected chi connectivity index (χ2v) is 7.19. The van der Waals surface area contributed by atoms with E-state index in [1.165, 1.54) is 43.2 Å². The van der Waals surface area contributed by atoms with Crippen molar-refractivity contribution < 1.29 is 0 Å². The van der Waals surface area contributed by atoms with Crippen molar-refractivity contribution in [2.45, 2.75) is 65.1 Å². The van der Waals surface area contributed by atoms with Gasteiger partial charge >= 0.3 is 0 Å². The maximum Gasteiger partial charge on any atom is 0.197 e. The van der Waals surface area contributed by atoms with Gasteiger partial charge in [0.25, 0.3) is 0 Å². The first-order chi connectivity index (χ1) is 11.5. The largest absolute Gasteiger partial charge is 0.334 e. The minimum atomic E-state index is -0.491. The maximum absolute atomic E-state index is 6.85. The zero-order valence-corrected chi connectivity index (χ0v) is 15.0. The highest BCUT2D eigenvalue weighted by atomic mass is 15.3. The van der Waals surface area contributed by atoms with Crippen LogP contribution in [-0.4, -0.2) is 16.6 Å². The Morgan fingerprint density at radius 3 is 2.71 bits per heavy atom. The first-order valence-electron chi connectivity index (χ1n) is 8.97. The zero-order chi connectivity index (χ0) is 17.2. The van der Waals surface area contributed by atoms with E-state index in [0.717, 1.165) is 17.4 Å². The molecule has 0 bridgehead atoms. The molecular formula is C19H29N5. The summed E-state index contributed by atoms with van der Waals surface area (Å²) >= 11 is 0. The second kappa shape index (κ2) is 6.93. The maximum atomic E-state index is 6.85. The number of hydrogen-bond donors (Lipinski definition) is 3. The number of nitrogens with zero attached hydrogens (tertiary/aromatic N) is 2. The smallest absolute Gasteiger partial charge is 0.197 e. The van der Waals surface area contributed by atoms with Gasteiger partial charge in [0.1, 0.15) is 5.66 Å². The first kappa shape index (κ1) is 17.0. The molecule has 1 saturated carbocycles. The van der Waals surface area contributed by atoms with Crippen molar-refractivity contribution in [2.75, 3.05) is 0 Å². The van der Waals surface area contributed by atoms with Gasteiger partial charge in [-0.25, -0.2) is 4.99 Å². The third-order valence-corrected chi connectivity index (χ3v) is 5.43. The van der Waals surface area contributed by atoms with Crippen LogP contribution in [0.25, 0.3) is 0 Å². The van der Waals surface area contributed by atoms with Gasteiger partial charge < -0.3 is 16.4 Å². The Hall–Kier alpha value is -1.88. The number of pyridine rings is 1. The van der Waals surface area contributed by atoms with Crippen molar-refractivity contribution >= 4 is 5.96 Å². The summed E-state index contributed by atoms with van der Waals surface area (Å²) in [4.78, 5) is 9.07. The highest BCUT2D eigenvalue weighted by molar-refractivity contribution is 5.84. The number of aryl methyl sites for hydroxylation is 1. The van der Waals surface area contributed by atoms with Gasteiger partial charge in [0.15, 0.2) is 5.96 Å². The second-order valence-electron chi connectivity index (χ2n) is 7.19. The Labute approximate surface area is 144 Å². The Bertz CT molecular complexity index is 657. The van der Waals surface area contributed by atoms with Crippen molar-refractivity contribution in [3.63, 3.8) is 0 Å². The van der Waals surface area contributed by atoms with Crippen LogP contribution in [0.2, 0.25) is 0 Å². The number of nitrogens with one attached hydrogen (secondary N) is 2. The SMILES string of the molecule is CC1=C(C)C(N)(C2CCCCC2)NC(=NCc2cc(C)ccn2)N1. The van der Waals surface area contributed by atoms with Crippen molar-refractivity contribution in [2.24, 2.45) is 16.6 Å². The normalized spacial score (nSPS) is 27.1. The standard InChI is InChI=1S/C19H29N5/c1-13-9-10-21-17(11-13)12-22-18-23-15(3)14(2)19(20,24-18)16-7-5-4-6-8-16/h9-11,16H,4-8,12,20H2,1-3H3,(H2,22,23,24). The van der Waals surface area contributed by atoms with Crippen LogP contribution in [0.5, 0.6) is 0 Å². The van der Waals surface area contributed by atoms with E-state index < -0.39 is 5.66 Å². The third kappa shape index (κ3) is 3.46. The lowest BCUT2D eigenvalue weighted by atomic mass is 9.76. The van der Waals surface area contributed by atoms with E-state index in [9.17, 15) is 0 Å². The van der Waals surface area contributed by atoms with Gasteiger partial charge in [0.2, 0.25) is 0 Å². The van der Waals surface area contributed by atoms with E-state index in [2.05, 4.69) is 47.4 Å². The molecule has 1 atom stereocenters. The van der Waals surface area contributed by atoms with Gasteiger partial charge in [0, 0.05) is 11.9 Å². The molecule has 1 aromatic rings. The van der Waals surface area contributed by atoms with Crippen LogP contribution in [0.15, 0.2) is 34.6 Å². The summed E-state index contributed by atoms with van der Waals surface area (Å²) in [5.74, 6) is 1.22. The summed E-state index contributed by atoms with van der Waals surface area (Å²) in [5.41, 5.74) is 10.8. The summed E-state index contributed by atoms with van der Waals surface area (Å²) in [5, 5.41) is 6.85. The van der Waals surface area contributed by atoms with Crippen molar-refractivity contribution in [3.8, 4) is 0 Å². The predicted octanol–water partition coefficient (Wildman–Crippen LogP) is 2.97. The quantitative estimate of drug-likeness (QED) is 0.798. The molecule has 1 aliphatic heterocycles.